The largest absolute Gasteiger partial charge is 0.468 e. The molecular weight excluding hydrogens is 516 g/mol. The maximum absolute atomic E-state index is 13.6. The van der Waals surface area contributed by atoms with Gasteiger partial charge in [-0.2, -0.15) is 13.2 Å². The topological polar surface area (TPSA) is 88.5 Å². The van der Waals surface area contributed by atoms with E-state index in [0.29, 0.717) is 29.7 Å². The highest BCUT2D eigenvalue weighted by atomic mass is 19.4. The molecule has 0 spiro atoms. The Morgan fingerprint density at radius 1 is 1.05 bits per heavy atom. The van der Waals surface area contributed by atoms with E-state index in [1.54, 1.807) is 26.8 Å². The number of aryl methyl sites for hydroxylation is 1. The van der Waals surface area contributed by atoms with Crippen molar-refractivity contribution in [2.75, 3.05) is 12.4 Å². The van der Waals surface area contributed by atoms with Crippen molar-refractivity contribution in [2.24, 2.45) is 0 Å². The molecule has 2 rings (SSSR count). The molecule has 216 valence electrons. The van der Waals surface area contributed by atoms with Crippen LogP contribution < -0.4 is 5.32 Å². The Morgan fingerprint density at radius 3 is 2.05 bits per heavy atom. The maximum atomic E-state index is 13.6. The molecule has 0 bridgehead atoms. The van der Waals surface area contributed by atoms with E-state index in [-0.39, 0.29) is 6.42 Å². The molecule has 0 aliphatic rings. The van der Waals surface area contributed by atoms with Gasteiger partial charge in [0, 0.05) is 11.8 Å². The zero-order valence-electron chi connectivity index (χ0n) is 23.5. The number of methoxy groups -OCH3 is 1. The highest BCUT2D eigenvalue weighted by Gasteiger charge is 2.42. The number of ether oxygens (including phenoxy) is 2. The predicted molar refractivity (Wildman–Crippen MR) is 144 cm³/mol. The number of halogens is 4. The van der Waals surface area contributed by atoms with Gasteiger partial charge >= 0.3 is 18.2 Å². The van der Waals surface area contributed by atoms with Crippen LogP contribution in [0, 0.1) is 12.3 Å². The summed E-state index contributed by atoms with van der Waals surface area (Å²) in [5, 5.41) is 9.98. The van der Waals surface area contributed by atoms with E-state index in [1.807, 2.05) is 26.0 Å². The lowest BCUT2D eigenvalue weighted by atomic mass is 9.73. The van der Waals surface area contributed by atoms with Gasteiger partial charge in [-0.25, -0.2) is 9.18 Å². The lowest BCUT2D eigenvalue weighted by Crippen LogP contribution is -2.39. The Hall–Kier alpha value is -3.43. The zero-order chi connectivity index (χ0) is 30.0. The van der Waals surface area contributed by atoms with E-state index in [2.05, 4.69) is 5.32 Å². The number of esters is 1. The molecule has 0 fully saturated rings. The molecular formula is C29H38F4N2O4. The van der Waals surface area contributed by atoms with Gasteiger partial charge < -0.3 is 14.9 Å². The van der Waals surface area contributed by atoms with Crippen LogP contribution in [0.15, 0.2) is 42.5 Å². The summed E-state index contributed by atoms with van der Waals surface area (Å²) in [6.45, 7) is 10.4. The number of carbonyl (C=O) groups is 2. The molecule has 2 N–H and O–H groups in total. The maximum Gasteiger partial charge on any atom is 0.416 e. The minimum Gasteiger partial charge on any atom is -0.468 e. The summed E-state index contributed by atoms with van der Waals surface area (Å²) in [4.78, 5) is 23.8. The van der Waals surface area contributed by atoms with Crippen LogP contribution in [0.5, 0.6) is 0 Å². The van der Waals surface area contributed by atoms with Gasteiger partial charge in [-0.1, -0.05) is 37.6 Å². The number of anilines is 1. The highest BCUT2D eigenvalue weighted by Crippen LogP contribution is 2.38. The van der Waals surface area contributed by atoms with Crippen molar-refractivity contribution in [3.63, 3.8) is 0 Å². The van der Waals surface area contributed by atoms with Crippen LogP contribution in [0.2, 0.25) is 0 Å². The first kappa shape index (κ1) is 33.6. The molecule has 0 saturated heterocycles. The van der Waals surface area contributed by atoms with Crippen LogP contribution in [-0.2, 0) is 25.9 Å². The van der Waals surface area contributed by atoms with Gasteiger partial charge in [0.25, 0.3) is 0 Å². The molecule has 2 aromatic carbocycles. The summed E-state index contributed by atoms with van der Waals surface area (Å²) < 4.78 is 61.5. The van der Waals surface area contributed by atoms with Crippen molar-refractivity contribution in [2.45, 2.75) is 84.2 Å². The van der Waals surface area contributed by atoms with Crippen LogP contribution in [-0.4, -0.2) is 37.2 Å². The molecule has 0 aliphatic heterocycles. The quantitative estimate of drug-likeness (QED) is 0.197. The minimum absolute atomic E-state index is 0.126. The summed E-state index contributed by atoms with van der Waals surface area (Å²) >= 11 is 0. The first-order valence-corrected chi connectivity index (χ1v) is 12.5. The number of carbonyl (C=O) groups excluding carboxylic acids is 2. The molecule has 2 aromatic rings. The summed E-state index contributed by atoms with van der Waals surface area (Å²) in [5.41, 5.74) is -0.0275. The Labute approximate surface area is 227 Å². The van der Waals surface area contributed by atoms with Gasteiger partial charge in [-0.15, -0.1) is 0 Å². The fourth-order valence-corrected chi connectivity index (χ4v) is 4.14. The Balaban J connectivity index is 0.000000403. The van der Waals surface area contributed by atoms with Crippen molar-refractivity contribution in [3.8, 4) is 0 Å². The fraction of sp³-hybridized carbons (Fsp3) is 0.483. The van der Waals surface area contributed by atoms with Crippen molar-refractivity contribution >= 4 is 24.0 Å². The molecule has 2 atom stereocenters. The smallest absolute Gasteiger partial charge is 0.416 e. The molecule has 39 heavy (non-hydrogen) atoms. The predicted octanol–water partition coefficient (Wildman–Crippen LogP) is 8.00. The second-order valence-corrected chi connectivity index (χ2v) is 10.2. The van der Waals surface area contributed by atoms with Crippen molar-refractivity contribution in [1.29, 1.82) is 5.41 Å². The van der Waals surface area contributed by atoms with Gasteiger partial charge in [-0.05, 0) is 76.8 Å². The lowest BCUT2D eigenvalue weighted by molar-refractivity contribution is -0.149. The highest BCUT2D eigenvalue weighted by molar-refractivity contribution is 5.95. The number of hydrogen-bond acceptors (Lipinski definition) is 5. The number of hydrogen-bond donors (Lipinski definition) is 2. The van der Waals surface area contributed by atoms with E-state index in [0.717, 1.165) is 17.7 Å². The summed E-state index contributed by atoms with van der Waals surface area (Å²) in [6, 6.07) is 9.75. The molecule has 6 nitrogen and oxygen atoms in total. The van der Waals surface area contributed by atoms with Gasteiger partial charge in [-0.3, -0.25) is 10.1 Å². The number of nitrogens with one attached hydrogen (secondary N) is 2. The normalized spacial score (nSPS) is 13.7. The third-order valence-corrected chi connectivity index (χ3v) is 5.75. The molecule has 1 amide bonds. The van der Waals surface area contributed by atoms with Crippen LogP contribution in [0.1, 0.15) is 76.1 Å². The van der Waals surface area contributed by atoms with E-state index in [4.69, 9.17) is 14.9 Å². The van der Waals surface area contributed by atoms with E-state index >= 15 is 0 Å². The van der Waals surface area contributed by atoms with Crippen molar-refractivity contribution in [1.82, 2.24) is 0 Å². The molecule has 0 heterocycles. The number of benzene rings is 2. The first-order chi connectivity index (χ1) is 18.0. The van der Waals surface area contributed by atoms with Crippen LogP contribution >= 0.6 is 0 Å². The van der Waals surface area contributed by atoms with Crippen molar-refractivity contribution < 1.29 is 36.6 Å². The third-order valence-electron chi connectivity index (χ3n) is 5.75. The second-order valence-electron chi connectivity index (χ2n) is 10.2. The number of alkyl halides is 4. The average Bonchev–Trinajstić information content (AvgIpc) is 2.82. The molecule has 0 saturated carbocycles. The van der Waals surface area contributed by atoms with Gasteiger partial charge in [0.1, 0.15) is 5.60 Å². The molecule has 0 aromatic heterocycles. The summed E-state index contributed by atoms with van der Waals surface area (Å²) in [6.07, 6.45) is -4.27. The molecule has 0 aliphatic carbocycles. The Kier molecular flexibility index (Phi) is 12.1. The van der Waals surface area contributed by atoms with E-state index in [9.17, 15) is 27.2 Å². The van der Waals surface area contributed by atoms with Crippen LogP contribution in [0.4, 0.5) is 28.0 Å². The first-order valence-electron chi connectivity index (χ1n) is 12.5. The lowest BCUT2D eigenvalue weighted by Gasteiger charge is -2.32. The monoisotopic (exact) mass is 554 g/mol. The Morgan fingerprint density at radius 2 is 1.62 bits per heavy atom. The van der Waals surface area contributed by atoms with E-state index < -0.39 is 41.0 Å². The molecule has 2 unspecified atom stereocenters. The molecule has 10 heteroatoms. The van der Waals surface area contributed by atoms with Crippen LogP contribution in [0.25, 0.3) is 0 Å². The summed E-state index contributed by atoms with van der Waals surface area (Å²) in [5.74, 6) is -0.626. The summed E-state index contributed by atoms with van der Waals surface area (Å²) in [7, 11) is 1.19. The van der Waals surface area contributed by atoms with E-state index in [1.165, 1.54) is 32.4 Å². The number of rotatable bonds is 8. The van der Waals surface area contributed by atoms with Gasteiger partial charge in [0.15, 0.2) is 0 Å². The minimum atomic E-state index is -4.45. The SMILES string of the molecule is CCCC(CC(C)F)(C(=O)OC)c1ccc(C(F)(F)F)cc1.Cc1cccc(NC(=O)OC(C)(C)C)c1C=N. The Bertz CT molecular complexity index is 1110. The second kappa shape index (κ2) is 14.1. The third kappa shape index (κ3) is 10.00. The zero-order valence-corrected chi connectivity index (χ0v) is 23.5. The molecule has 0 radical (unpaired) electrons. The standard InChI is InChI=1S/C16H20F4O2.C13H18N2O2/c1-4-9-15(10-11(2)17,14(21)22-3)12-5-7-13(8-6-12)16(18,19)20;1-9-6-5-7-11(10(9)8-14)15-12(16)17-13(2,3)4/h5-8,11H,4,9-10H2,1-3H3;5-8,14H,1-4H3,(H,15,16). The number of amides is 1. The average molecular weight is 555 g/mol. The fourth-order valence-electron chi connectivity index (χ4n) is 4.14. The van der Waals surface area contributed by atoms with Crippen LogP contribution in [0.3, 0.4) is 0 Å². The van der Waals surface area contributed by atoms with Gasteiger partial charge in [0.2, 0.25) is 0 Å². The van der Waals surface area contributed by atoms with Gasteiger partial charge in [0.05, 0.1) is 29.9 Å². The van der Waals surface area contributed by atoms with Crippen molar-refractivity contribution in [3.05, 3.63) is 64.7 Å².